The molecule has 1 saturated carbocycles. The highest BCUT2D eigenvalue weighted by Crippen LogP contribution is 2.28. The molecule has 0 spiro atoms. The summed E-state index contributed by atoms with van der Waals surface area (Å²) in [6.07, 6.45) is 6.15. The molecule has 2 amide bonds. The maximum Gasteiger partial charge on any atom is 0.251 e. The van der Waals surface area contributed by atoms with Crippen LogP contribution >= 0.6 is 0 Å². The van der Waals surface area contributed by atoms with Crippen LogP contribution in [-0.4, -0.2) is 35.8 Å². The van der Waals surface area contributed by atoms with E-state index in [4.69, 9.17) is 0 Å². The molecule has 0 bridgehead atoms. The van der Waals surface area contributed by atoms with Crippen LogP contribution in [0.4, 0.5) is 0 Å². The van der Waals surface area contributed by atoms with Crippen LogP contribution in [0.15, 0.2) is 30.3 Å². The number of benzene rings is 1. The molecular formula is C20H28N2O2. The van der Waals surface area contributed by atoms with Gasteiger partial charge in [0.15, 0.2) is 0 Å². The molecule has 2 fully saturated rings. The average Bonchev–Trinajstić information content (AvgIpc) is 2.63. The summed E-state index contributed by atoms with van der Waals surface area (Å²) in [5, 5.41) is 3.13. The second-order valence-corrected chi connectivity index (χ2v) is 7.34. The second kappa shape index (κ2) is 7.82. The van der Waals surface area contributed by atoms with Crippen molar-refractivity contribution < 1.29 is 9.59 Å². The van der Waals surface area contributed by atoms with Crippen molar-refractivity contribution in [1.29, 1.82) is 0 Å². The Balaban J connectivity index is 1.65. The Bertz CT molecular complexity index is 564. The Hall–Kier alpha value is -1.84. The molecule has 2 aliphatic rings. The van der Waals surface area contributed by atoms with E-state index >= 15 is 0 Å². The molecule has 1 aromatic carbocycles. The van der Waals surface area contributed by atoms with E-state index in [9.17, 15) is 9.59 Å². The second-order valence-electron chi connectivity index (χ2n) is 7.34. The third-order valence-electron chi connectivity index (χ3n) is 5.53. The number of carbonyl (C=O) groups excluding carboxylic acids is 2. The van der Waals surface area contributed by atoms with Crippen LogP contribution in [0.1, 0.15) is 55.8 Å². The van der Waals surface area contributed by atoms with Crippen molar-refractivity contribution in [1.82, 2.24) is 10.2 Å². The fourth-order valence-electron chi connectivity index (χ4n) is 3.90. The normalized spacial score (nSPS) is 25.3. The maximum atomic E-state index is 13.0. The molecule has 1 aromatic rings. The minimum absolute atomic E-state index is 0.0293. The van der Waals surface area contributed by atoms with Crippen LogP contribution in [0.5, 0.6) is 0 Å². The standard InChI is InChI=1S/C20H28N2O2/c1-15-11-13-22(14-12-15)20(24)17-9-5-6-10-18(17)21-19(23)16-7-3-2-4-8-16/h2-4,7-8,15,17-18H,5-6,9-14H2,1H3,(H,21,23)/t17-,18-/m1/s1. The van der Waals surface area contributed by atoms with E-state index in [0.717, 1.165) is 51.6 Å². The van der Waals surface area contributed by atoms with Crippen LogP contribution < -0.4 is 5.32 Å². The first kappa shape index (κ1) is 17.0. The number of hydrogen-bond donors (Lipinski definition) is 1. The average molecular weight is 328 g/mol. The Morgan fingerprint density at radius 1 is 1.00 bits per heavy atom. The van der Waals surface area contributed by atoms with E-state index in [0.29, 0.717) is 11.5 Å². The van der Waals surface area contributed by atoms with Gasteiger partial charge in [-0.25, -0.2) is 0 Å². The van der Waals surface area contributed by atoms with Crippen molar-refractivity contribution in [3.05, 3.63) is 35.9 Å². The van der Waals surface area contributed by atoms with Crippen LogP contribution in [0, 0.1) is 11.8 Å². The van der Waals surface area contributed by atoms with Gasteiger partial charge in [0.1, 0.15) is 0 Å². The lowest BCUT2D eigenvalue weighted by atomic mass is 9.82. The van der Waals surface area contributed by atoms with E-state index in [1.165, 1.54) is 0 Å². The molecule has 1 aliphatic heterocycles. The molecule has 0 aromatic heterocycles. The van der Waals surface area contributed by atoms with Crippen molar-refractivity contribution in [2.75, 3.05) is 13.1 Å². The third-order valence-corrected chi connectivity index (χ3v) is 5.53. The van der Waals surface area contributed by atoms with E-state index < -0.39 is 0 Å². The van der Waals surface area contributed by atoms with Gasteiger partial charge in [-0.2, -0.15) is 0 Å². The van der Waals surface area contributed by atoms with E-state index in [1.807, 2.05) is 35.2 Å². The van der Waals surface area contributed by atoms with Crippen molar-refractivity contribution in [2.24, 2.45) is 11.8 Å². The first-order chi connectivity index (χ1) is 11.6. The summed E-state index contributed by atoms with van der Waals surface area (Å²) >= 11 is 0. The molecular weight excluding hydrogens is 300 g/mol. The minimum atomic E-state index is -0.0624. The zero-order valence-corrected chi connectivity index (χ0v) is 14.5. The highest BCUT2D eigenvalue weighted by Gasteiger charge is 2.35. The molecule has 1 heterocycles. The number of hydrogen-bond acceptors (Lipinski definition) is 2. The number of nitrogens with one attached hydrogen (secondary N) is 1. The summed E-state index contributed by atoms with van der Waals surface area (Å²) in [7, 11) is 0. The Labute approximate surface area is 144 Å². The molecule has 24 heavy (non-hydrogen) atoms. The number of carbonyl (C=O) groups is 2. The summed E-state index contributed by atoms with van der Waals surface area (Å²) in [6, 6.07) is 9.25. The monoisotopic (exact) mass is 328 g/mol. The first-order valence-corrected chi connectivity index (χ1v) is 9.30. The van der Waals surface area contributed by atoms with Crippen LogP contribution in [0.2, 0.25) is 0 Å². The molecule has 130 valence electrons. The lowest BCUT2D eigenvalue weighted by molar-refractivity contribution is -0.138. The van der Waals surface area contributed by atoms with Gasteiger partial charge in [0.05, 0.1) is 5.92 Å². The predicted octanol–water partition coefficient (Wildman–Crippen LogP) is 3.23. The summed E-state index contributed by atoms with van der Waals surface area (Å²) in [4.78, 5) is 27.5. The number of piperidine rings is 1. The SMILES string of the molecule is CC1CCN(C(=O)[C@@H]2CCCC[C@H]2NC(=O)c2ccccc2)CC1. The number of nitrogens with zero attached hydrogens (tertiary/aromatic N) is 1. The predicted molar refractivity (Wildman–Crippen MR) is 94.6 cm³/mol. The first-order valence-electron chi connectivity index (χ1n) is 9.30. The van der Waals surface area contributed by atoms with Gasteiger partial charge in [-0.3, -0.25) is 9.59 Å². The fourth-order valence-corrected chi connectivity index (χ4v) is 3.90. The molecule has 1 aliphatic carbocycles. The molecule has 4 heteroatoms. The van der Waals surface area contributed by atoms with Gasteiger partial charge in [-0.1, -0.05) is 38.0 Å². The molecule has 4 nitrogen and oxygen atoms in total. The summed E-state index contributed by atoms with van der Waals surface area (Å²) in [5.41, 5.74) is 0.668. The van der Waals surface area contributed by atoms with E-state index in [2.05, 4.69) is 12.2 Å². The van der Waals surface area contributed by atoms with Gasteiger partial charge in [0.25, 0.3) is 5.91 Å². The summed E-state index contributed by atoms with van der Waals surface area (Å²) in [5.74, 6) is 0.848. The van der Waals surface area contributed by atoms with Gasteiger partial charge >= 0.3 is 0 Å². The highest BCUT2D eigenvalue weighted by atomic mass is 16.2. The van der Waals surface area contributed by atoms with E-state index in [1.54, 1.807) is 0 Å². The molecule has 1 saturated heterocycles. The Morgan fingerprint density at radius 2 is 1.67 bits per heavy atom. The maximum absolute atomic E-state index is 13.0. The van der Waals surface area contributed by atoms with Crippen molar-refractivity contribution in [3.63, 3.8) is 0 Å². The molecule has 2 atom stereocenters. The van der Waals surface area contributed by atoms with Crippen LogP contribution in [-0.2, 0) is 4.79 Å². The van der Waals surface area contributed by atoms with Gasteiger partial charge < -0.3 is 10.2 Å². The van der Waals surface area contributed by atoms with E-state index in [-0.39, 0.29) is 23.8 Å². The molecule has 1 N–H and O–H groups in total. The summed E-state index contributed by atoms with van der Waals surface area (Å²) in [6.45, 7) is 4.00. The van der Waals surface area contributed by atoms with Crippen molar-refractivity contribution >= 4 is 11.8 Å². The number of likely N-dealkylation sites (tertiary alicyclic amines) is 1. The zero-order valence-electron chi connectivity index (χ0n) is 14.5. The lowest BCUT2D eigenvalue weighted by Crippen LogP contribution is -2.51. The van der Waals surface area contributed by atoms with Crippen LogP contribution in [0.25, 0.3) is 0 Å². The Morgan fingerprint density at radius 3 is 2.38 bits per heavy atom. The highest BCUT2D eigenvalue weighted by molar-refractivity contribution is 5.94. The quantitative estimate of drug-likeness (QED) is 0.926. The topological polar surface area (TPSA) is 49.4 Å². The van der Waals surface area contributed by atoms with Gasteiger partial charge in [-0.15, -0.1) is 0 Å². The fraction of sp³-hybridized carbons (Fsp3) is 0.600. The minimum Gasteiger partial charge on any atom is -0.349 e. The number of rotatable bonds is 3. The molecule has 0 radical (unpaired) electrons. The number of amides is 2. The molecule has 0 unspecified atom stereocenters. The zero-order chi connectivity index (χ0) is 16.9. The summed E-state index contributed by atoms with van der Waals surface area (Å²) < 4.78 is 0. The van der Waals surface area contributed by atoms with Gasteiger partial charge in [0.2, 0.25) is 5.91 Å². The third kappa shape index (κ3) is 3.97. The lowest BCUT2D eigenvalue weighted by Gasteiger charge is -2.37. The molecule has 3 rings (SSSR count). The van der Waals surface area contributed by atoms with Gasteiger partial charge in [0, 0.05) is 24.7 Å². The van der Waals surface area contributed by atoms with Crippen molar-refractivity contribution in [2.45, 2.75) is 51.5 Å². The van der Waals surface area contributed by atoms with Gasteiger partial charge in [-0.05, 0) is 43.7 Å². The van der Waals surface area contributed by atoms with Crippen molar-refractivity contribution in [3.8, 4) is 0 Å². The Kier molecular flexibility index (Phi) is 5.54. The smallest absolute Gasteiger partial charge is 0.251 e. The largest absolute Gasteiger partial charge is 0.349 e. The van der Waals surface area contributed by atoms with Crippen LogP contribution in [0.3, 0.4) is 0 Å².